The molecule has 26 heavy (non-hydrogen) atoms. The molecule has 0 atom stereocenters. The lowest BCUT2D eigenvalue weighted by Crippen LogP contribution is -2.52. The van der Waals surface area contributed by atoms with Crippen LogP contribution in [0.15, 0.2) is 22.5 Å². The van der Waals surface area contributed by atoms with Gasteiger partial charge in [0.15, 0.2) is 5.84 Å². The number of hydrogen-bond donors (Lipinski definition) is 2. The first-order chi connectivity index (χ1) is 12.5. The van der Waals surface area contributed by atoms with Crippen LogP contribution in [0.5, 0.6) is 0 Å². The molecule has 148 valence electrons. The number of nitroso groups, excluding NO2 is 1. The molecule has 0 radical (unpaired) electrons. The third kappa shape index (κ3) is 9.23. The van der Waals surface area contributed by atoms with E-state index in [1.165, 1.54) is 0 Å². The monoisotopic (exact) mass is 373 g/mol. The predicted octanol–water partition coefficient (Wildman–Crippen LogP) is 1.02. The zero-order valence-corrected chi connectivity index (χ0v) is 15.2. The summed E-state index contributed by atoms with van der Waals surface area (Å²) in [6.45, 7) is 4.48. The Labute approximate surface area is 152 Å². The summed E-state index contributed by atoms with van der Waals surface area (Å²) in [4.78, 5) is 31.2. The van der Waals surface area contributed by atoms with Crippen LogP contribution in [0.4, 0.5) is 0 Å². The summed E-state index contributed by atoms with van der Waals surface area (Å²) < 4.78 is 14.6. The molecule has 0 aromatic heterocycles. The lowest BCUT2D eigenvalue weighted by Gasteiger charge is -2.40. The number of hydrogen-bond acceptors (Lipinski definition) is 8. The number of amidine groups is 1. The maximum absolute atomic E-state index is 10.6. The SMILES string of the molecule is CCOC(=O)/C=C\C(=O)OCC.N/C(=N\N=O)C1(OCCCO)CCC1. The standard InChI is InChI=1S/C8H15N3O3.C8H12O4/c9-7(10-11-13)8(3-1-4-8)14-6-2-5-12;1-3-11-7(9)5-6-8(10)12-4-2/h12H,1-6H2,(H2,9,10,13);5-6H,3-4H2,1-2H3/b;6-5-. The molecule has 0 unspecified atom stereocenters. The van der Waals surface area contributed by atoms with Crippen molar-refractivity contribution in [3.63, 3.8) is 0 Å². The van der Waals surface area contributed by atoms with E-state index in [-0.39, 0.29) is 12.4 Å². The first-order valence-electron chi connectivity index (χ1n) is 8.38. The average Bonchev–Trinajstić information content (AvgIpc) is 2.57. The van der Waals surface area contributed by atoms with Crippen LogP contribution in [0.3, 0.4) is 0 Å². The van der Waals surface area contributed by atoms with Crippen LogP contribution < -0.4 is 5.73 Å². The molecule has 0 saturated heterocycles. The molecule has 3 N–H and O–H groups in total. The zero-order valence-electron chi connectivity index (χ0n) is 15.2. The van der Waals surface area contributed by atoms with E-state index in [1.54, 1.807) is 13.8 Å². The number of rotatable bonds is 10. The fourth-order valence-corrected chi connectivity index (χ4v) is 1.96. The van der Waals surface area contributed by atoms with E-state index in [9.17, 15) is 14.5 Å². The highest BCUT2D eigenvalue weighted by Gasteiger charge is 2.42. The van der Waals surface area contributed by atoms with Crippen LogP contribution in [0.2, 0.25) is 0 Å². The smallest absolute Gasteiger partial charge is 0.330 e. The lowest BCUT2D eigenvalue weighted by atomic mass is 9.79. The fraction of sp³-hybridized carbons (Fsp3) is 0.688. The minimum atomic E-state index is -0.594. The Morgan fingerprint density at radius 2 is 1.69 bits per heavy atom. The Bertz CT molecular complexity index is 482. The summed E-state index contributed by atoms with van der Waals surface area (Å²) >= 11 is 0. The minimum absolute atomic E-state index is 0.0824. The molecule has 0 heterocycles. The van der Waals surface area contributed by atoms with E-state index in [0.29, 0.717) is 26.2 Å². The van der Waals surface area contributed by atoms with Gasteiger partial charge in [0.2, 0.25) is 0 Å². The van der Waals surface area contributed by atoms with Gasteiger partial charge in [0.05, 0.1) is 25.1 Å². The maximum atomic E-state index is 10.6. The van der Waals surface area contributed by atoms with Crippen LogP contribution in [0.25, 0.3) is 0 Å². The maximum Gasteiger partial charge on any atom is 0.330 e. The second-order valence-electron chi connectivity index (χ2n) is 5.18. The molecule has 0 aromatic rings. The second-order valence-corrected chi connectivity index (χ2v) is 5.18. The minimum Gasteiger partial charge on any atom is -0.463 e. The van der Waals surface area contributed by atoms with Gasteiger partial charge in [-0.25, -0.2) is 9.59 Å². The summed E-state index contributed by atoms with van der Waals surface area (Å²) in [5.74, 6) is -0.923. The van der Waals surface area contributed by atoms with E-state index in [4.69, 9.17) is 15.6 Å². The third-order valence-electron chi connectivity index (χ3n) is 3.39. The molecule has 0 bridgehead atoms. The number of ether oxygens (including phenoxy) is 3. The fourth-order valence-electron chi connectivity index (χ4n) is 1.96. The van der Waals surface area contributed by atoms with Crippen molar-refractivity contribution in [3.8, 4) is 0 Å². The summed E-state index contributed by atoms with van der Waals surface area (Å²) in [5.41, 5.74) is 4.98. The summed E-state index contributed by atoms with van der Waals surface area (Å²) in [6.07, 6.45) is 5.19. The van der Waals surface area contributed by atoms with Gasteiger partial charge in [-0.2, -0.15) is 0 Å². The van der Waals surface area contributed by atoms with Gasteiger partial charge >= 0.3 is 11.9 Å². The van der Waals surface area contributed by atoms with Crippen molar-refractivity contribution in [2.24, 2.45) is 16.1 Å². The summed E-state index contributed by atoms with van der Waals surface area (Å²) in [7, 11) is 0. The Morgan fingerprint density at radius 1 is 1.15 bits per heavy atom. The Balaban J connectivity index is 0.000000488. The van der Waals surface area contributed by atoms with E-state index < -0.39 is 17.5 Å². The predicted molar refractivity (Wildman–Crippen MR) is 94.1 cm³/mol. The molecule has 0 amide bonds. The molecule has 0 aromatic carbocycles. The number of carbonyl (C=O) groups excluding carboxylic acids is 2. The van der Waals surface area contributed by atoms with Gasteiger partial charge in [-0.05, 0) is 39.5 Å². The first-order valence-corrected chi connectivity index (χ1v) is 8.38. The van der Waals surface area contributed by atoms with Gasteiger partial charge in [0, 0.05) is 18.8 Å². The molecule has 1 rings (SSSR count). The number of aliphatic hydroxyl groups is 1. The Hall–Kier alpha value is -2.33. The van der Waals surface area contributed by atoms with Gasteiger partial charge in [-0.3, -0.25) is 0 Å². The highest BCUT2D eigenvalue weighted by molar-refractivity contribution is 5.91. The van der Waals surface area contributed by atoms with Crippen molar-refractivity contribution in [2.75, 3.05) is 26.4 Å². The normalized spacial score (nSPS) is 15.4. The number of aliphatic hydroxyl groups excluding tert-OH is 1. The molecule has 10 heteroatoms. The highest BCUT2D eigenvalue weighted by Crippen LogP contribution is 2.35. The van der Waals surface area contributed by atoms with Gasteiger partial charge in [-0.15, -0.1) is 4.91 Å². The van der Waals surface area contributed by atoms with E-state index >= 15 is 0 Å². The molecular formula is C16H27N3O7. The van der Waals surface area contributed by atoms with Crippen molar-refractivity contribution < 1.29 is 28.9 Å². The number of nitrogens with zero attached hydrogens (tertiary/aromatic N) is 2. The Morgan fingerprint density at radius 3 is 2.04 bits per heavy atom. The molecule has 0 aliphatic heterocycles. The Kier molecular flexibility index (Phi) is 12.7. The number of nitrogens with two attached hydrogens (primary N) is 1. The van der Waals surface area contributed by atoms with E-state index in [0.717, 1.165) is 31.4 Å². The van der Waals surface area contributed by atoms with Crippen LogP contribution in [-0.4, -0.2) is 54.9 Å². The van der Waals surface area contributed by atoms with Crippen LogP contribution in [0.1, 0.15) is 39.5 Å². The molecule has 1 fully saturated rings. The highest BCUT2D eigenvalue weighted by atomic mass is 16.5. The molecule has 1 saturated carbocycles. The van der Waals surface area contributed by atoms with Gasteiger partial charge < -0.3 is 25.1 Å². The molecule has 10 nitrogen and oxygen atoms in total. The number of carbonyl (C=O) groups is 2. The van der Waals surface area contributed by atoms with E-state index in [2.05, 4.69) is 19.9 Å². The van der Waals surface area contributed by atoms with Gasteiger partial charge in [0.1, 0.15) is 5.60 Å². The van der Waals surface area contributed by atoms with Crippen molar-refractivity contribution in [2.45, 2.75) is 45.1 Å². The zero-order chi connectivity index (χ0) is 19.8. The molecule has 1 aliphatic carbocycles. The van der Waals surface area contributed by atoms with Crippen LogP contribution in [0, 0.1) is 4.91 Å². The summed E-state index contributed by atoms with van der Waals surface area (Å²) in [5, 5.41) is 14.3. The molecule has 1 aliphatic rings. The van der Waals surface area contributed by atoms with Gasteiger partial charge in [-0.1, -0.05) is 5.10 Å². The van der Waals surface area contributed by atoms with Crippen molar-refractivity contribution in [3.05, 3.63) is 17.1 Å². The van der Waals surface area contributed by atoms with Crippen LogP contribution >= 0.6 is 0 Å². The third-order valence-corrected chi connectivity index (χ3v) is 3.39. The van der Waals surface area contributed by atoms with Crippen molar-refractivity contribution in [1.29, 1.82) is 0 Å². The average molecular weight is 373 g/mol. The van der Waals surface area contributed by atoms with E-state index in [1.807, 2.05) is 0 Å². The summed E-state index contributed by atoms with van der Waals surface area (Å²) in [6, 6.07) is 0. The van der Waals surface area contributed by atoms with Gasteiger partial charge in [0.25, 0.3) is 0 Å². The van der Waals surface area contributed by atoms with Crippen molar-refractivity contribution >= 4 is 17.8 Å². The van der Waals surface area contributed by atoms with Crippen LogP contribution in [-0.2, 0) is 23.8 Å². The topological polar surface area (TPSA) is 150 Å². The first kappa shape index (κ1) is 23.7. The quantitative estimate of drug-likeness (QED) is 0.110. The molecular weight excluding hydrogens is 346 g/mol. The number of esters is 2. The second kappa shape index (κ2) is 13.9. The lowest BCUT2D eigenvalue weighted by molar-refractivity contribution is -0.140. The molecule has 0 spiro atoms. The largest absolute Gasteiger partial charge is 0.463 e. The van der Waals surface area contributed by atoms with Crippen molar-refractivity contribution in [1.82, 2.24) is 0 Å².